The van der Waals surface area contributed by atoms with E-state index in [1.165, 1.54) is 0 Å². The highest BCUT2D eigenvalue weighted by atomic mass is 15.0. The Kier molecular flexibility index (Phi) is 7.58. The van der Waals surface area contributed by atoms with Gasteiger partial charge in [-0.25, -0.2) is 44.9 Å². The van der Waals surface area contributed by atoms with E-state index in [1.54, 1.807) is 19.0 Å². The average molecular weight is 694 g/mol. The van der Waals surface area contributed by atoms with Gasteiger partial charge in [0.25, 0.3) is 0 Å². The number of hydrogen-bond donors (Lipinski definition) is 0. The Morgan fingerprint density at radius 1 is 0.278 bits per heavy atom. The third kappa shape index (κ3) is 5.57. The maximum atomic E-state index is 5.00. The lowest BCUT2D eigenvalue weighted by molar-refractivity contribution is 1.07. The third-order valence-electron chi connectivity index (χ3n) is 9.51. The molecule has 0 aliphatic heterocycles. The molecule has 54 heavy (non-hydrogen) atoms. The molecule has 0 aliphatic carbocycles. The fraction of sp³-hybridized carbons (Fsp3) is 0. The third-order valence-corrected chi connectivity index (χ3v) is 9.51. The molecule has 10 rings (SSSR count). The monoisotopic (exact) mass is 693 g/mol. The molecule has 0 spiro atoms. The van der Waals surface area contributed by atoms with Crippen molar-refractivity contribution in [3.63, 3.8) is 0 Å². The van der Waals surface area contributed by atoms with Crippen LogP contribution in [0.25, 0.3) is 101 Å². The van der Waals surface area contributed by atoms with Gasteiger partial charge in [0, 0.05) is 33.4 Å². The molecular formula is C45H27N9. The molecular weight excluding hydrogens is 667 g/mol. The second kappa shape index (κ2) is 13.2. The van der Waals surface area contributed by atoms with Crippen LogP contribution in [0.3, 0.4) is 0 Å². The maximum absolute atomic E-state index is 5.00. The number of nitrogens with zero attached hydrogens (tertiary/aromatic N) is 9. The Morgan fingerprint density at radius 2 is 0.667 bits per heavy atom. The van der Waals surface area contributed by atoms with Gasteiger partial charge in [-0.1, -0.05) is 127 Å². The molecule has 252 valence electrons. The van der Waals surface area contributed by atoms with E-state index >= 15 is 0 Å². The van der Waals surface area contributed by atoms with Crippen molar-refractivity contribution in [2.75, 3.05) is 0 Å². The number of rotatable bonds is 6. The topological polar surface area (TPSA) is 116 Å². The molecule has 3 heterocycles. The van der Waals surface area contributed by atoms with Crippen LogP contribution < -0.4 is 0 Å². The fourth-order valence-electron chi connectivity index (χ4n) is 7.01. The molecule has 9 heteroatoms. The van der Waals surface area contributed by atoms with Gasteiger partial charge in [0.1, 0.15) is 19.0 Å². The molecule has 7 aromatic carbocycles. The summed E-state index contributed by atoms with van der Waals surface area (Å²) in [5.41, 5.74) is 5.38. The summed E-state index contributed by atoms with van der Waals surface area (Å²) < 4.78 is 0. The Balaban J connectivity index is 1.24. The van der Waals surface area contributed by atoms with Crippen LogP contribution in [0, 0.1) is 0 Å². The summed E-state index contributed by atoms with van der Waals surface area (Å²) in [6.45, 7) is 0. The van der Waals surface area contributed by atoms with Crippen molar-refractivity contribution < 1.29 is 0 Å². The van der Waals surface area contributed by atoms with Crippen molar-refractivity contribution in [2.24, 2.45) is 0 Å². The minimum absolute atomic E-state index is 0.566. The van der Waals surface area contributed by atoms with E-state index in [0.29, 0.717) is 34.9 Å². The van der Waals surface area contributed by atoms with E-state index in [9.17, 15) is 0 Å². The van der Waals surface area contributed by atoms with Crippen LogP contribution in [0.1, 0.15) is 0 Å². The molecule has 0 amide bonds. The van der Waals surface area contributed by atoms with Gasteiger partial charge in [0.05, 0.1) is 0 Å². The van der Waals surface area contributed by atoms with Crippen molar-refractivity contribution in [1.82, 2.24) is 44.9 Å². The summed E-state index contributed by atoms with van der Waals surface area (Å²) >= 11 is 0. The summed E-state index contributed by atoms with van der Waals surface area (Å²) in [6.07, 6.45) is 4.72. The first-order valence-corrected chi connectivity index (χ1v) is 17.4. The molecule has 10 aromatic rings. The number of hydrogen-bond acceptors (Lipinski definition) is 9. The van der Waals surface area contributed by atoms with Crippen molar-refractivity contribution in [1.29, 1.82) is 0 Å². The van der Waals surface area contributed by atoms with E-state index in [2.05, 4.69) is 67.4 Å². The lowest BCUT2D eigenvalue weighted by atomic mass is 9.89. The zero-order valence-electron chi connectivity index (χ0n) is 28.6. The smallest absolute Gasteiger partial charge is 0.164 e. The zero-order valence-corrected chi connectivity index (χ0v) is 28.6. The molecule has 0 aliphatic rings. The van der Waals surface area contributed by atoms with Crippen LogP contribution in [0.15, 0.2) is 165 Å². The van der Waals surface area contributed by atoms with Gasteiger partial charge >= 0.3 is 0 Å². The average Bonchev–Trinajstić information content (AvgIpc) is 3.26. The summed E-state index contributed by atoms with van der Waals surface area (Å²) in [4.78, 5) is 42.4. The SMILES string of the molecule is c1ccc(-c2ncnc(-c3ccc4c(-c5ncnc(-c6ccccc6)n5)cc5cc(-c6ncnc(-c7ccccc7)n6)c6ccccc6c5c4c3)n2)cc1. The number of fused-ring (bicyclic) bond motifs is 5. The van der Waals surface area contributed by atoms with Crippen molar-refractivity contribution >= 4 is 32.3 Å². The zero-order chi connectivity index (χ0) is 35.8. The van der Waals surface area contributed by atoms with E-state index in [4.69, 9.17) is 19.9 Å². The number of benzene rings is 7. The van der Waals surface area contributed by atoms with E-state index in [0.717, 1.165) is 65.7 Å². The molecule has 0 fully saturated rings. The largest absolute Gasteiger partial charge is 0.217 e. The van der Waals surface area contributed by atoms with Gasteiger partial charge in [-0.05, 0) is 50.5 Å². The van der Waals surface area contributed by atoms with Gasteiger partial charge in [-0.15, -0.1) is 0 Å². The first-order chi connectivity index (χ1) is 26.8. The molecule has 0 radical (unpaired) electrons. The molecule has 0 saturated carbocycles. The first kappa shape index (κ1) is 31.1. The quantitative estimate of drug-likeness (QED) is 0.157. The Morgan fingerprint density at radius 3 is 1.17 bits per heavy atom. The second-order valence-electron chi connectivity index (χ2n) is 12.7. The van der Waals surface area contributed by atoms with Gasteiger partial charge < -0.3 is 0 Å². The lowest BCUT2D eigenvalue weighted by Gasteiger charge is -2.16. The van der Waals surface area contributed by atoms with Crippen molar-refractivity contribution in [2.45, 2.75) is 0 Å². The van der Waals surface area contributed by atoms with E-state index in [1.807, 2.05) is 103 Å². The lowest BCUT2D eigenvalue weighted by Crippen LogP contribution is -1.98. The van der Waals surface area contributed by atoms with Crippen LogP contribution in [0.5, 0.6) is 0 Å². The predicted octanol–water partition coefficient (Wildman–Crippen LogP) is 9.70. The van der Waals surface area contributed by atoms with Crippen LogP contribution >= 0.6 is 0 Å². The summed E-state index contributed by atoms with van der Waals surface area (Å²) in [5.74, 6) is 3.55. The van der Waals surface area contributed by atoms with Crippen molar-refractivity contribution in [3.8, 4) is 68.3 Å². The fourth-order valence-corrected chi connectivity index (χ4v) is 7.01. The predicted molar refractivity (Wildman–Crippen MR) is 212 cm³/mol. The summed E-state index contributed by atoms with van der Waals surface area (Å²) in [6, 6.07) is 48.8. The molecule has 0 saturated heterocycles. The molecule has 0 atom stereocenters. The van der Waals surface area contributed by atoms with Crippen LogP contribution in [0.4, 0.5) is 0 Å². The molecule has 9 nitrogen and oxygen atoms in total. The number of aromatic nitrogens is 9. The van der Waals surface area contributed by atoms with Gasteiger partial charge in [-0.2, -0.15) is 0 Å². The first-order valence-electron chi connectivity index (χ1n) is 17.4. The highest BCUT2D eigenvalue weighted by Crippen LogP contribution is 2.42. The Bertz CT molecular complexity index is 2990. The van der Waals surface area contributed by atoms with Crippen LogP contribution in [-0.2, 0) is 0 Å². The van der Waals surface area contributed by atoms with Crippen LogP contribution in [0.2, 0.25) is 0 Å². The highest BCUT2D eigenvalue weighted by molar-refractivity contribution is 6.25. The molecule has 0 unspecified atom stereocenters. The normalized spacial score (nSPS) is 11.3. The maximum Gasteiger partial charge on any atom is 0.164 e. The molecule has 0 N–H and O–H groups in total. The minimum atomic E-state index is 0.566. The highest BCUT2D eigenvalue weighted by Gasteiger charge is 2.19. The Labute approximate surface area is 309 Å². The molecule has 3 aromatic heterocycles. The Hall–Kier alpha value is -7.65. The summed E-state index contributed by atoms with van der Waals surface area (Å²) in [7, 11) is 0. The van der Waals surface area contributed by atoms with Crippen LogP contribution in [-0.4, -0.2) is 44.9 Å². The second-order valence-corrected chi connectivity index (χ2v) is 12.7. The van der Waals surface area contributed by atoms with E-state index < -0.39 is 0 Å². The van der Waals surface area contributed by atoms with Crippen molar-refractivity contribution in [3.05, 3.63) is 165 Å². The van der Waals surface area contributed by atoms with E-state index in [-0.39, 0.29) is 0 Å². The van der Waals surface area contributed by atoms with Gasteiger partial charge in [-0.3, -0.25) is 0 Å². The molecule has 0 bridgehead atoms. The minimum Gasteiger partial charge on any atom is -0.217 e. The van der Waals surface area contributed by atoms with Gasteiger partial charge in [0.2, 0.25) is 0 Å². The van der Waals surface area contributed by atoms with Gasteiger partial charge in [0.15, 0.2) is 34.9 Å². The summed E-state index contributed by atoms with van der Waals surface area (Å²) in [5, 5.41) is 6.12. The standard InChI is InChI=1S/C45H27N9/c1-4-12-28(13-5-1)40-46-25-49-43(52-40)31-20-21-34-36(22-31)39-32(24-38(34)45-51-27-48-42(54-45)30-16-8-3-9-17-30)23-37(33-18-10-11-19-35(33)39)44-50-26-47-41(53-44)29-14-6-2-7-15-29/h1-27H.